The van der Waals surface area contributed by atoms with Crippen LogP contribution in [-0.4, -0.2) is 100.0 Å². The van der Waals surface area contributed by atoms with Crippen LogP contribution in [0.4, 0.5) is 5.00 Å². The summed E-state index contributed by atoms with van der Waals surface area (Å²) in [7, 11) is 1.52. The van der Waals surface area contributed by atoms with Gasteiger partial charge < -0.3 is 36.4 Å². The Morgan fingerprint density at radius 1 is 1.06 bits per heavy atom. The Balaban J connectivity index is 0.00000341. The first-order chi connectivity index (χ1) is 14.4. The smallest absolute Gasteiger partial charge is 0.348 e. The van der Waals surface area contributed by atoms with Gasteiger partial charge in [0.1, 0.15) is 16.5 Å². The Bertz CT molecular complexity index is 793. The van der Waals surface area contributed by atoms with Crippen molar-refractivity contribution in [2.24, 2.45) is 0 Å². The summed E-state index contributed by atoms with van der Waals surface area (Å²) in [5.74, 6) is -1.26. The van der Waals surface area contributed by atoms with Crippen LogP contribution in [0.5, 0.6) is 0 Å². The van der Waals surface area contributed by atoms with Crippen molar-refractivity contribution in [3.63, 3.8) is 0 Å². The van der Waals surface area contributed by atoms with Gasteiger partial charge in [-0.3, -0.25) is 9.69 Å². The molecule has 4 rings (SSSR count). The van der Waals surface area contributed by atoms with E-state index in [0.29, 0.717) is 17.1 Å². The first-order valence-corrected chi connectivity index (χ1v) is 11.0. The molecule has 1 aromatic rings. The number of esters is 2. The second-order valence-electron chi connectivity index (χ2n) is 7.67. The molecule has 2 bridgehead atoms. The molecule has 9 nitrogen and oxygen atoms in total. The van der Waals surface area contributed by atoms with Gasteiger partial charge in [0.25, 0.3) is 5.91 Å². The highest BCUT2D eigenvalue weighted by Crippen LogP contribution is 2.34. The Morgan fingerprint density at radius 2 is 1.71 bits per heavy atom. The van der Waals surface area contributed by atoms with E-state index < -0.39 is 11.9 Å². The summed E-state index contributed by atoms with van der Waals surface area (Å²) in [5, 5.41) is 3.21. The molecule has 0 radical (unpaired) electrons. The van der Waals surface area contributed by atoms with Crippen molar-refractivity contribution in [3.05, 3.63) is 16.0 Å². The number of amides is 1. The maximum Gasteiger partial charge on any atom is 0.348 e. The van der Waals surface area contributed by atoms with E-state index in [4.69, 9.17) is 14.2 Å². The number of rotatable bonds is 9. The molecule has 3 aliphatic rings. The van der Waals surface area contributed by atoms with Gasteiger partial charge in [0.05, 0.1) is 38.4 Å². The summed E-state index contributed by atoms with van der Waals surface area (Å²) >= 11 is 1.05. The molecule has 31 heavy (non-hydrogen) atoms. The monoisotopic (exact) mass is 475 g/mol. The van der Waals surface area contributed by atoms with E-state index in [0.717, 1.165) is 55.1 Å². The fraction of sp³-hybridized carbons (Fsp3) is 0.650. The molecule has 0 aliphatic carbocycles. The quantitative estimate of drug-likeness (QED) is 0.254. The van der Waals surface area contributed by atoms with Crippen molar-refractivity contribution in [2.45, 2.75) is 13.8 Å². The number of hydrogen-bond acceptors (Lipinski definition) is 8. The number of carbonyl (C=O) groups excluding carboxylic acids is 3. The van der Waals surface area contributed by atoms with E-state index in [1.54, 1.807) is 13.8 Å². The zero-order valence-corrected chi connectivity index (χ0v) is 19.8. The number of carbonyl (C=O) groups is 3. The third kappa shape index (κ3) is 5.95. The van der Waals surface area contributed by atoms with Gasteiger partial charge in [0.15, 0.2) is 6.54 Å². The second-order valence-corrected chi connectivity index (χ2v) is 8.69. The van der Waals surface area contributed by atoms with Crippen molar-refractivity contribution in [2.75, 3.05) is 78.1 Å². The summed E-state index contributed by atoms with van der Waals surface area (Å²) < 4.78 is 16.0. The fourth-order valence-corrected chi connectivity index (χ4v) is 5.07. The molecule has 3 fully saturated rings. The van der Waals surface area contributed by atoms with E-state index in [1.165, 1.54) is 7.11 Å². The van der Waals surface area contributed by atoms with Crippen LogP contribution in [0.25, 0.3) is 0 Å². The number of fused-ring (bicyclic) bond motifs is 3. The molecule has 0 unspecified atom stereocenters. The minimum absolute atomic E-state index is 0. The molecule has 0 atom stereocenters. The normalized spacial score (nSPS) is 21.8. The molecule has 0 aromatic carbocycles. The van der Waals surface area contributed by atoms with Crippen molar-refractivity contribution in [1.82, 2.24) is 4.90 Å². The summed E-state index contributed by atoms with van der Waals surface area (Å²) in [4.78, 5) is 40.6. The van der Waals surface area contributed by atoms with E-state index >= 15 is 0 Å². The Labute approximate surface area is 192 Å². The minimum atomic E-state index is -0.559. The van der Waals surface area contributed by atoms with Crippen LogP contribution < -0.4 is 17.7 Å². The van der Waals surface area contributed by atoms with E-state index in [2.05, 4.69) is 10.2 Å². The zero-order valence-electron chi connectivity index (χ0n) is 18.2. The number of piperazine rings is 3. The topological polar surface area (TPSA) is 94.2 Å². The van der Waals surface area contributed by atoms with Gasteiger partial charge in [0.2, 0.25) is 0 Å². The van der Waals surface area contributed by atoms with Crippen LogP contribution in [0.2, 0.25) is 0 Å². The average molecular weight is 476 g/mol. The zero-order chi connectivity index (χ0) is 21.7. The lowest BCUT2D eigenvalue weighted by Gasteiger charge is -2.50. The molecule has 174 valence electrons. The summed E-state index contributed by atoms with van der Waals surface area (Å²) in [6.07, 6.45) is 0. The molecule has 3 aliphatic heterocycles. The molecular formula is C20H30ClN3O6S. The van der Waals surface area contributed by atoms with Crippen molar-refractivity contribution in [3.8, 4) is 0 Å². The minimum Gasteiger partial charge on any atom is -1.00 e. The number of hydrogen-bond donors (Lipinski definition) is 1. The van der Waals surface area contributed by atoms with Gasteiger partial charge in [0, 0.05) is 26.7 Å². The molecule has 3 saturated heterocycles. The van der Waals surface area contributed by atoms with Gasteiger partial charge in [-0.1, -0.05) is 0 Å². The predicted octanol–water partition coefficient (Wildman–Crippen LogP) is -1.88. The van der Waals surface area contributed by atoms with Crippen molar-refractivity contribution >= 4 is 34.2 Å². The van der Waals surface area contributed by atoms with Crippen LogP contribution in [0.3, 0.4) is 0 Å². The predicted molar refractivity (Wildman–Crippen MR) is 112 cm³/mol. The number of ether oxygens (including phenoxy) is 3. The third-order valence-electron chi connectivity index (χ3n) is 5.74. The van der Waals surface area contributed by atoms with Crippen LogP contribution in [0.15, 0.2) is 0 Å². The standard InChI is InChI=1S/C20H29N3O6S.ClH/c1-4-28-19(25)16-14(2)17(20(26)29-12-11-27-3)30-18(16)21-15(24)13-23-8-5-22(6-9-23)7-10-23;/h4-13H2,1-3H3;1H. The van der Waals surface area contributed by atoms with E-state index in [-0.39, 0.29) is 48.6 Å². The summed E-state index contributed by atoms with van der Waals surface area (Å²) in [5.41, 5.74) is 0.673. The largest absolute Gasteiger partial charge is 1.00 e. The molecule has 1 amide bonds. The highest BCUT2D eigenvalue weighted by Gasteiger charge is 2.40. The highest BCUT2D eigenvalue weighted by atomic mass is 35.5. The first-order valence-electron chi connectivity index (χ1n) is 10.2. The summed E-state index contributed by atoms with van der Waals surface area (Å²) in [6, 6.07) is 0. The second kappa shape index (κ2) is 11.2. The van der Waals surface area contributed by atoms with Gasteiger partial charge >= 0.3 is 11.9 Å². The molecule has 0 saturated carbocycles. The van der Waals surface area contributed by atoms with Crippen LogP contribution in [-0.2, 0) is 19.0 Å². The third-order valence-corrected chi connectivity index (χ3v) is 6.92. The Hall–Kier alpha value is -1.72. The number of quaternary nitrogens is 1. The molecule has 1 aromatic heterocycles. The van der Waals surface area contributed by atoms with Crippen LogP contribution in [0.1, 0.15) is 32.5 Å². The highest BCUT2D eigenvalue weighted by molar-refractivity contribution is 7.18. The molecule has 0 spiro atoms. The molecular weight excluding hydrogens is 446 g/mol. The van der Waals surface area contributed by atoms with Crippen LogP contribution in [0, 0.1) is 6.92 Å². The molecule has 1 N–H and O–H groups in total. The van der Waals surface area contributed by atoms with Gasteiger partial charge in [-0.2, -0.15) is 0 Å². The van der Waals surface area contributed by atoms with Gasteiger partial charge in [-0.25, -0.2) is 9.59 Å². The average Bonchev–Trinajstić information content (AvgIpc) is 3.05. The molecule has 4 heterocycles. The number of thiophene rings is 1. The fourth-order valence-electron chi connectivity index (χ4n) is 3.97. The van der Waals surface area contributed by atoms with E-state index in [1.807, 2.05) is 0 Å². The number of methoxy groups -OCH3 is 1. The van der Waals surface area contributed by atoms with Gasteiger partial charge in [-0.15, -0.1) is 11.3 Å². The van der Waals surface area contributed by atoms with Crippen molar-refractivity contribution < 1.29 is 45.5 Å². The van der Waals surface area contributed by atoms with Crippen molar-refractivity contribution in [1.29, 1.82) is 0 Å². The first kappa shape index (κ1) is 25.5. The Kier molecular flexibility index (Phi) is 9.26. The molecule has 11 heteroatoms. The maximum absolute atomic E-state index is 12.9. The lowest BCUT2D eigenvalue weighted by atomic mass is 10.1. The maximum atomic E-state index is 12.9. The van der Waals surface area contributed by atoms with Gasteiger partial charge in [-0.05, 0) is 19.4 Å². The number of anilines is 1. The summed E-state index contributed by atoms with van der Waals surface area (Å²) in [6.45, 7) is 10.2. The Morgan fingerprint density at radius 3 is 2.29 bits per heavy atom. The van der Waals surface area contributed by atoms with E-state index in [9.17, 15) is 14.4 Å². The lowest BCUT2D eigenvalue weighted by Crippen LogP contribution is -3.00. The number of nitrogens with one attached hydrogen (secondary N) is 1. The van der Waals surface area contributed by atoms with Crippen LogP contribution >= 0.6 is 11.3 Å². The number of nitrogens with zero attached hydrogens (tertiary/aromatic N) is 2. The lowest BCUT2D eigenvalue weighted by molar-refractivity contribution is -0.933. The number of halogens is 1. The SMILES string of the molecule is CCOC(=O)c1c(NC(=O)C[N+]23CCN(CC2)CC3)sc(C(=O)OCCOC)c1C.[Cl-].